The van der Waals surface area contributed by atoms with E-state index in [4.69, 9.17) is 0 Å². The van der Waals surface area contributed by atoms with E-state index in [-0.39, 0.29) is 44.6 Å². The van der Waals surface area contributed by atoms with Crippen molar-refractivity contribution in [2.75, 3.05) is 9.80 Å². The Morgan fingerprint density at radius 3 is 1.52 bits per heavy atom. The average Bonchev–Trinajstić information content (AvgIpc) is 3.61. The summed E-state index contributed by atoms with van der Waals surface area (Å²) >= 11 is 2.01. The minimum atomic E-state index is 0.0245. The normalized spacial score (nSPS) is 21.1. The van der Waals surface area contributed by atoms with Crippen molar-refractivity contribution in [1.29, 1.82) is 0 Å². The van der Waals surface area contributed by atoms with Crippen LogP contribution in [0.15, 0.2) is 72.8 Å². The van der Waals surface area contributed by atoms with Crippen molar-refractivity contribution in [3.8, 4) is 0 Å². The van der Waals surface area contributed by atoms with Crippen molar-refractivity contribution in [3.05, 3.63) is 123 Å². The van der Waals surface area contributed by atoms with E-state index in [9.17, 15) is 0 Å². The van der Waals surface area contributed by atoms with Crippen LogP contribution in [-0.2, 0) is 37.9 Å². The van der Waals surface area contributed by atoms with Crippen LogP contribution in [0.4, 0.5) is 33.4 Å². The van der Waals surface area contributed by atoms with Gasteiger partial charge in [0.25, 0.3) is 6.71 Å². The second-order valence-corrected chi connectivity index (χ2v) is 27.8. The summed E-state index contributed by atoms with van der Waals surface area (Å²) in [4.78, 5) is 5.48. The second-order valence-electron chi connectivity index (χ2n) is 26.8. The maximum Gasteiger partial charge on any atom is 0.254 e. The summed E-state index contributed by atoms with van der Waals surface area (Å²) in [5.41, 5.74) is 24.9. The predicted molar refractivity (Wildman–Crippen MR) is 290 cm³/mol. The maximum atomic E-state index is 2.76. The zero-order valence-electron chi connectivity index (χ0n) is 43.6. The summed E-state index contributed by atoms with van der Waals surface area (Å²) in [5, 5.41) is 2.79. The van der Waals surface area contributed by atoms with E-state index < -0.39 is 0 Å². The molecule has 0 spiro atoms. The standard InChI is InChI=1S/C62H75BN2S/c1-36-28-50-54-51(29-36)65(48-34-45-42(30-37(48)2)58(8,9)24-26-61(45,14)15)49-35-46-44(60(12,13)25-27-62(46,16)17)33-47(49)63(54)53-40-31-38(56(3,4)5)18-21-52(40)66-55(53)64(50)39-19-20-41-43(32-39)59(10,11)23-22-57(41,6)7/h18-21,28-35H,22-27H2,1-17H3. The van der Waals surface area contributed by atoms with Gasteiger partial charge in [0.05, 0.1) is 5.00 Å². The van der Waals surface area contributed by atoms with Crippen LogP contribution >= 0.6 is 11.3 Å². The lowest BCUT2D eigenvalue weighted by Crippen LogP contribution is -2.61. The molecule has 6 aromatic rings. The van der Waals surface area contributed by atoms with Gasteiger partial charge < -0.3 is 9.80 Å². The summed E-state index contributed by atoms with van der Waals surface area (Å²) in [6, 6.07) is 30.8. The molecule has 342 valence electrons. The molecule has 0 N–H and O–H groups in total. The fourth-order valence-corrected chi connectivity index (χ4v) is 14.6. The molecule has 5 aliphatic rings. The number of fused-ring (bicyclic) bond motifs is 9. The number of anilines is 6. The SMILES string of the molecule is Cc1cc2c3c(c1)N(c1ccc4c(c1)C(C)(C)CCC4(C)C)c1sc4ccc(C(C)(C)C)cc4c1B3c1cc3c(cc1N2c1cc2c(cc1C)C(C)(C)CCC2(C)C)C(C)(C)CCC3(C)C. The number of nitrogens with zero attached hydrogens (tertiary/aromatic N) is 2. The van der Waals surface area contributed by atoms with Crippen molar-refractivity contribution in [2.45, 2.75) is 194 Å². The minimum Gasteiger partial charge on any atom is -0.311 e. The van der Waals surface area contributed by atoms with Gasteiger partial charge in [-0.1, -0.05) is 134 Å². The molecule has 3 aliphatic carbocycles. The van der Waals surface area contributed by atoms with Gasteiger partial charge in [0, 0.05) is 33.1 Å². The molecule has 4 heteroatoms. The van der Waals surface area contributed by atoms with E-state index in [0.717, 1.165) is 0 Å². The van der Waals surface area contributed by atoms with Crippen molar-refractivity contribution in [1.82, 2.24) is 0 Å². The highest BCUT2D eigenvalue weighted by molar-refractivity contribution is 7.26. The van der Waals surface area contributed by atoms with Crippen molar-refractivity contribution in [3.63, 3.8) is 0 Å². The molecule has 0 atom stereocenters. The smallest absolute Gasteiger partial charge is 0.254 e. The fraction of sp³-hybridized carbons (Fsp3) is 0.484. The summed E-state index contributed by atoms with van der Waals surface area (Å²) < 4.78 is 1.38. The molecule has 0 saturated carbocycles. The Bertz CT molecular complexity index is 3070. The Hall–Kier alpha value is -4.28. The number of rotatable bonds is 2. The Labute approximate surface area is 402 Å². The van der Waals surface area contributed by atoms with E-state index in [1.165, 1.54) is 149 Å². The van der Waals surface area contributed by atoms with Gasteiger partial charge >= 0.3 is 0 Å². The Morgan fingerprint density at radius 2 is 0.955 bits per heavy atom. The van der Waals surface area contributed by atoms with Crippen LogP contribution in [0.5, 0.6) is 0 Å². The largest absolute Gasteiger partial charge is 0.311 e. The van der Waals surface area contributed by atoms with Crippen molar-refractivity contribution >= 4 is 78.0 Å². The highest BCUT2D eigenvalue weighted by Gasteiger charge is 2.49. The number of thiophene rings is 1. The lowest BCUT2D eigenvalue weighted by atomic mass is 9.33. The lowest BCUT2D eigenvalue weighted by Gasteiger charge is -2.48. The number of benzene rings is 5. The lowest BCUT2D eigenvalue weighted by molar-refractivity contribution is 0.331. The first-order chi connectivity index (χ1) is 30.6. The zero-order chi connectivity index (χ0) is 47.2. The quantitative estimate of drug-likeness (QED) is 0.160. The van der Waals surface area contributed by atoms with E-state index >= 15 is 0 Å². The fourth-order valence-electron chi connectivity index (χ4n) is 13.4. The van der Waals surface area contributed by atoms with Gasteiger partial charge in [-0.15, -0.1) is 11.3 Å². The second kappa shape index (κ2) is 13.7. The maximum absolute atomic E-state index is 2.76. The molecule has 2 aliphatic heterocycles. The highest BCUT2D eigenvalue weighted by atomic mass is 32.1. The molecule has 1 aromatic heterocycles. The van der Waals surface area contributed by atoms with Gasteiger partial charge in [-0.25, -0.2) is 0 Å². The van der Waals surface area contributed by atoms with E-state index in [0.29, 0.717) is 0 Å². The van der Waals surface area contributed by atoms with E-state index in [2.05, 4.69) is 200 Å². The number of aryl methyl sites for hydroxylation is 2. The zero-order valence-corrected chi connectivity index (χ0v) is 44.4. The van der Waals surface area contributed by atoms with E-state index in [1.54, 1.807) is 0 Å². The predicted octanol–water partition coefficient (Wildman–Crippen LogP) is 15.9. The molecule has 0 fully saturated rings. The first-order valence-electron chi connectivity index (χ1n) is 25.4. The number of hydrogen-bond donors (Lipinski definition) is 0. The van der Waals surface area contributed by atoms with Crippen molar-refractivity contribution in [2.24, 2.45) is 0 Å². The van der Waals surface area contributed by atoms with Gasteiger partial charge in [0.1, 0.15) is 0 Å². The van der Waals surface area contributed by atoms with Gasteiger partial charge in [0.15, 0.2) is 0 Å². The van der Waals surface area contributed by atoms with Crippen LogP contribution in [0.3, 0.4) is 0 Å². The van der Waals surface area contributed by atoms with Crippen LogP contribution in [0.1, 0.15) is 192 Å². The molecule has 0 radical (unpaired) electrons. The third-order valence-electron chi connectivity index (χ3n) is 18.2. The molecule has 0 bridgehead atoms. The molecule has 0 amide bonds. The third kappa shape index (κ3) is 6.31. The molecule has 3 heterocycles. The summed E-state index contributed by atoms with van der Waals surface area (Å²) in [6.07, 6.45) is 7.19. The molecular formula is C62H75BN2S. The summed E-state index contributed by atoms with van der Waals surface area (Å²) in [7, 11) is 0. The Kier molecular flexibility index (Phi) is 9.19. The first-order valence-corrected chi connectivity index (χ1v) is 26.2. The third-order valence-corrected chi connectivity index (χ3v) is 19.3. The van der Waals surface area contributed by atoms with Crippen LogP contribution in [-0.4, -0.2) is 6.71 Å². The minimum absolute atomic E-state index is 0.0245. The molecule has 2 nitrogen and oxygen atoms in total. The monoisotopic (exact) mass is 891 g/mol. The first kappa shape index (κ1) is 44.2. The van der Waals surface area contributed by atoms with Gasteiger partial charge in [-0.2, -0.15) is 0 Å². The average molecular weight is 891 g/mol. The Balaban J connectivity index is 1.28. The molecule has 0 saturated heterocycles. The van der Waals surface area contributed by atoms with Crippen molar-refractivity contribution < 1.29 is 0 Å². The molecule has 0 unspecified atom stereocenters. The van der Waals surface area contributed by atoms with E-state index in [1.807, 2.05) is 11.3 Å². The summed E-state index contributed by atoms with van der Waals surface area (Å²) in [5.74, 6) is 0. The topological polar surface area (TPSA) is 6.48 Å². The summed E-state index contributed by atoms with van der Waals surface area (Å²) in [6.45, 7) is 41.8. The highest BCUT2D eigenvalue weighted by Crippen LogP contribution is 2.55. The molecule has 66 heavy (non-hydrogen) atoms. The number of hydrogen-bond acceptors (Lipinski definition) is 3. The molecule has 11 rings (SSSR count). The Morgan fingerprint density at radius 1 is 0.470 bits per heavy atom. The van der Waals surface area contributed by atoms with Gasteiger partial charge in [-0.05, 0) is 205 Å². The van der Waals surface area contributed by atoms with Gasteiger partial charge in [0.2, 0.25) is 0 Å². The van der Waals surface area contributed by atoms with Gasteiger partial charge in [-0.3, -0.25) is 0 Å². The van der Waals surface area contributed by atoms with Crippen LogP contribution in [0, 0.1) is 13.8 Å². The van der Waals surface area contributed by atoms with Crippen LogP contribution < -0.4 is 26.2 Å². The van der Waals surface area contributed by atoms with Crippen LogP contribution in [0.2, 0.25) is 0 Å². The molecule has 5 aromatic carbocycles. The molecular weight excluding hydrogens is 816 g/mol. The van der Waals surface area contributed by atoms with Crippen LogP contribution in [0.25, 0.3) is 10.1 Å².